The Morgan fingerprint density at radius 3 is 2.55 bits per heavy atom. The van der Waals surface area contributed by atoms with Crippen LogP contribution in [0.4, 0.5) is 5.69 Å². The van der Waals surface area contributed by atoms with Crippen LogP contribution in [0.15, 0.2) is 18.2 Å². The highest BCUT2D eigenvalue weighted by Gasteiger charge is 2.10. The van der Waals surface area contributed by atoms with Crippen molar-refractivity contribution >= 4 is 41.5 Å². The van der Waals surface area contributed by atoms with Crippen LogP contribution in [0.5, 0.6) is 5.75 Å². The van der Waals surface area contributed by atoms with Crippen molar-refractivity contribution < 1.29 is 14.3 Å². The molecule has 124 valence electrons. The van der Waals surface area contributed by atoms with E-state index in [4.69, 9.17) is 22.1 Å². The summed E-state index contributed by atoms with van der Waals surface area (Å²) in [5.41, 5.74) is 6.10. The van der Waals surface area contributed by atoms with E-state index in [1.807, 2.05) is 0 Å². The highest BCUT2D eigenvalue weighted by Crippen LogP contribution is 2.27. The second-order valence-electron chi connectivity index (χ2n) is 4.95. The van der Waals surface area contributed by atoms with E-state index in [1.54, 1.807) is 39.2 Å². The minimum atomic E-state index is -0.208. The molecule has 0 heterocycles. The van der Waals surface area contributed by atoms with Gasteiger partial charge in [0, 0.05) is 32.2 Å². The number of carbonyl (C=O) groups excluding carboxylic acids is 2. The topological polar surface area (TPSA) is 84.7 Å². The zero-order valence-electron chi connectivity index (χ0n) is 12.8. The summed E-state index contributed by atoms with van der Waals surface area (Å²) in [7, 11) is 3.29. The molecule has 0 saturated carbocycles. The van der Waals surface area contributed by atoms with Crippen molar-refractivity contribution in [2.45, 2.75) is 19.4 Å². The summed E-state index contributed by atoms with van der Waals surface area (Å²) in [5, 5.41) is 3.01. The Balaban J connectivity index is 0.00000441. The van der Waals surface area contributed by atoms with Gasteiger partial charge in [-0.05, 0) is 25.1 Å². The Bertz CT molecular complexity index is 522. The lowest BCUT2D eigenvalue weighted by atomic mass is 10.2. The van der Waals surface area contributed by atoms with Gasteiger partial charge in [0.2, 0.25) is 5.91 Å². The number of nitrogens with zero attached hydrogens (tertiary/aromatic N) is 1. The number of ether oxygens (including phenoxy) is 1. The molecular formula is C14H21Cl2N3O3. The Kier molecular flexibility index (Phi) is 8.86. The zero-order chi connectivity index (χ0) is 16.0. The lowest BCUT2D eigenvalue weighted by Crippen LogP contribution is -2.27. The fourth-order valence-corrected chi connectivity index (χ4v) is 1.70. The molecule has 0 aliphatic heterocycles. The number of hydrogen-bond acceptors (Lipinski definition) is 4. The molecule has 1 atom stereocenters. The first-order valence-electron chi connectivity index (χ1n) is 6.47. The maximum atomic E-state index is 11.6. The number of rotatable bonds is 6. The third-order valence-electron chi connectivity index (χ3n) is 2.57. The van der Waals surface area contributed by atoms with Crippen LogP contribution < -0.4 is 15.8 Å². The highest BCUT2D eigenvalue weighted by atomic mass is 35.5. The van der Waals surface area contributed by atoms with Gasteiger partial charge >= 0.3 is 0 Å². The van der Waals surface area contributed by atoms with Gasteiger partial charge < -0.3 is 20.7 Å². The van der Waals surface area contributed by atoms with Gasteiger partial charge in [-0.2, -0.15) is 0 Å². The quantitative estimate of drug-likeness (QED) is 0.821. The minimum absolute atomic E-state index is 0. The molecule has 0 bridgehead atoms. The molecule has 0 spiro atoms. The van der Waals surface area contributed by atoms with Crippen molar-refractivity contribution in [1.29, 1.82) is 0 Å². The summed E-state index contributed by atoms with van der Waals surface area (Å²) in [6.45, 7) is 1.66. The van der Waals surface area contributed by atoms with E-state index in [-0.39, 0.29) is 43.3 Å². The van der Waals surface area contributed by atoms with Crippen molar-refractivity contribution in [3.8, 4) is 5.75 Å². The van der Waals surface area contributed by atoms with Crippen LogP contribution in [-0.2, 0) is 9.59 Å². The second-order valence-corrected chi connectivity index (χ2v) is 5.36. The molecule has 1 aromatic carbocycles. The van der Waals surface area contributed by atoms with Crippen LogP contribution in [-0.4, -0.2) is 43.5 Å². The molecule has 22 heavy (non-hydrogen) atoms. The molecule has 0 saturated heterocycles. The number of amides is 2. The van der Waals surface area contributed by atoms with E-state index in [9.17, 15) is 9.59 Å². The van der Waals surface area contributed by atoms with Gasteiger partial charge in [0.25, 0.3) is 5.91 Å². The standard InChI is InChI=1S/C14H20ClN3O3.ClH/c1-9(16)6-13(19)17-10-4-5-12(11(15)7-10)21-8-14(20)18(2)3;/h4-5,7,9H,6,8,16H2,1-3H3,(H,17,19);1H. The summed E-state index contributed by atoms with van der Waals surface area (Å²) < 4.78 is 5.33. The van der Waals surface area contributed by atoms with Gasteiger partial charge in [0.15, 0.2) is 6.61 Å². The van der Waals surface area contributed by atoms with Crippen LogP contribution >= 0.6 is 24.0 Å². The molecule has 6 nitrogen and oxygen atoms in total. The van der Waals surface area contributed by atoms with Crippen molar-refractivity contribution in [3.63, 3.8) is 0 Å². The van der Waals surface area contributed by atoms with E-state index >= 15 is 0 Å². The van der Waals surface area contributed by atoms with Crippen LogP contribution in [0.25, 0.3) is 0 Å². The number of carbonyl (C=O) groups is 2. The van der Waals surface area contributed by atoms with Crippen LogP contribution in [0, 0.1) is 0 Å². The first kappa shape index (κ1) is 20.5. The molecule has 1 aromatic rings. The third kappa shape index (κ3) is 6.98. The first-order valence-corrected chi connectivity index (χ1v) is 6.85. The third-order valence-corrected chi connectivity index (χ3v) is 2.87. The minimum Gasteiger partial charge on any atom is -0.482 e. The largest absolute Gasteiger partial charge is 0.482 e. The highest BCUT2D eigenvalue weighted by molar-refractivity contribution is 6.32. The fourth-order valence-electron chi connectivity index (χ4n) is 1.47. The Morgan fingerprint density at radius 1 is 1.41 bits per heavy atom. The van der Waals surface area contributed by atoms with Gasteiger partial charge in [0.1, 0.15) is 5.75 Å². The summed E-state index contributed by atoms with van der Waals surface area (Å²) in [4.78, 5) is 24.5. The second kappa shape index (κ2) is 9.50. The average molecular weight is 350 g/mol. The average Bonchev–Trinajstić information content (AvgIpc) is 2.36. The van der Waals surface area contributed by atoms with Gasteiger partial charge in [0.05, 0.1) is 5.02 Å². The maximum Gasteiger partial charge on any atom is 0.259 e. The molecular weight excluding hydrogens is 329 g/mol. The Labute approximate surface area is 141 Å². The zero-order valence-corrected chi connectivity index (χ0v) is 14.3. The van der Waals surface area contributed by atoms with Gasteiger partial charge in [-0.3, -0.25) is 9.59 Å². The van der Waals surface area contributed by atoms with Crippen molar-refractivity contribution in [2.75, 3.05) is 26.0 Å². The smallest absolute Gasteiger partial charge is 0.259 e. The van der Waals surface area contributed by atoms with Crippen molar-refractivity contribution in [2.24, 2.45) is 5.73 Å². The molecule has 1 rings (SSSR count). The first-order chi connectivity index (χ1) is 9.79. The molecule has 0 aliphatic rings. The van der Waals surface area contributed by atoms with Crippen LogP contribution in [0.2, 0.25) is 5.02 Å². The van der Waals surface area contributed by atoms with Crippen molar-refractivity contribution in [3.05, 3.63) is 23.2 Å². The van der Waals surface area contributed by atoms with E-state index < -0.39 is 0 Å². The van der Waals surface area contributed by atoms with Gasteiger partial charge in [-0.1, -0.05) is 11.6 Å². The van der Waals surface area contributed by atoms with Gasteiger partial charge in [-0.25, -0.2) is 0 Å². The SMILES string of the molecule is CC(N)CC(=O)Nc1ccc(OCC(=O)N(C)C)c(Cl)c1.Cl. The molecule has 0 fully saturated rings. The summed E-state index contributed by atoms with van der Waals surface area (Å²) in [6, 6.07) is 4.61. The lowest BCUT2D eigenvalue weighted by Gasteiger charge is -2.13. The molecule has 0 aromatic heterocycles. The fraction of sp³-hybridized carbons (Fsp3) is 0.429. The van der Waals surface area contributed by atoms with Crippen LogP contribution in [0.1, 0.15) is 13.3 Å². The molecule has 2 amide bonds. The molecule has 0 aliphatic carbocycles. The number of hydrogen-bond donors (Lipinski definition) is 2. The Hall–Kier alpha value is -1.50. The molecule has 8 heteroatoms. The van der Waals surface area contributed by atoms with Crippen molar-refractivity contribution in [1.82, 2.24) is 4.90 Å². The van der Waals surface area contributed by atoms with E-state index in [2.05, 4.69) is 5.32 Å². The van der Waals surface area contributed by atoms with E-state index in [0.29, 0.717) is 16.5 Å². The molecule has 0 radical (unpaired) electrons. The maximum absolute atomic E-state index is 11.6. The number of nitrogens with one attached hydrogen (secondary N) is 1. The molecule has 3 N–H and O–H groups in total. The summed E-state index contributed by atoms with van der Waals surface area (Å²) in [6.07, 6.45) is 0.229. The lowest BCUT2D eigenvalue weighted by molar-refractivity contribution is -0.130. The molecule has 1 unspecified atom stereocenters. The normalized spacial score (nSPS) is 11.1. The number of halogens is 2. The number of benzene rings is 1. The Morgan fingerprint density at radius 2 is 2.05 bits per heavy atom. The van der Waals surface area contributed by atoms with Crippen LogP contribution in [0.3, 0.4) is 0 Å². The van der Waals surface area contributed by atoms with E-state index in [0.717, 1.165) is 0 Å². The predicted octanol–water partition coefficient (Wildman–Crippen LogP) is 1.90. The monoisotopic (exact) mass is 349 g/mol. The van der Waals surface area contributed by atoms with Gasteiger partial charge in [-0.15, -0.1) is 12.4 Å². The van der Waals surface area contributed by atoms with E-state index in [1.165, 1.54) is 4.90 Å². The number of anilines is 1. The number of nitrogens with two attached hydrogens (primary N) is 1. The summed E-state index contributed by atoms with van der Waals surface area (Å²) in [5.74, 6) is 0.0370. The summed E-state index contributed by atoms with van der Waals surface area (Å²) >= 11 is 6.06. The predicted molar refractivity (Wildman–Crippen MR) is 89.8 cm³/mol. The number of likely N-dealkylation sites (N-methyl/N-ethyl adjacent to an activating group) is 1.